The summed E-state index contributed by atoms with van der Waals surface area (Å²) in [6, 6.07) is 15.0. The first-order chi connectivity index (χ1) is 9.70. The molecule has 4 nitrogen and oxygen atoms in total. The molecule has 20 heavy (non-hydrogen) atoms. The predicted octanol–water partition coefficient (Wildman–Crippen LogP) is 3.15. The third-order valence-corrected chi connectivity index (χ3v) is 2.90. The zero-order chi connectivity index (χ0) is 14.4. The van der Waals surface area contributed by atoms with E-state index in [1.165, 1.54) is 0 Å². The van der Waals surface area contributed by atoms with E-state index in [0.717, 1.165) is 17.8 Å². The highest BCUT2D eigenvalue weighted by atomic mass is 16.1. The van der Waals surface area contributed by atoms with E-state index in [1.807, 2.05) is 37.3 Å². The van der Waals surface area contributed by atoms with Gasteiger partial charge in [0.2, 0.25) is 0 Å². The highest BCUT2D eigenvalue weighted by molar-refractivity contribution is 5.96. The SMILES string of the molecule is CCCNC(=O)c1ccc(N)c(Nc2ccccc2)c1. The van der Waals surface area contributed by atoms with Crippen molar-refractivity contribution in [1.82, 2.24) is 5.32 Å². The molecule has 4 N–H and O–H groups in total. The lowest BCUT2D eigenvalue weighted by atomic mass is 10.1. The highest BCUT2D eigenvalue weighted by Gasteiger charge is 2.08. The molecule has 0 saturated carbocycles. The van der Waals surface area contributed by atoms with Gasteiger partial charge in [-0.2, -0.15) is 0 Å². The number of para-hydroxylation sites is 1. The Morgan fingerprint density at radius 2 is 1.90 bits per heavy atom. The maximum atomic E-state index is 11.9. The summed E-state index contributed by atoms with van der Waals surface area (Å²) in [7, 11) is 0. The summed E-state index contributed by atoms with van der Waals surface area (Å²) < 4.78 is 0. The molecule has 2 aromatic carbocycles. The van der Waals surface area contributed by atoms with Gasteiger partial charge in [-0.3, -0.25) is 4.79 Å². The van der Waals surface area contributed by atoms with Crippen molar-refractivity contribution in [2.45, 2.75) is 13.3 Å². The summed E-state index contributed by atoms with van der Waals surface area (Å²) in [6.45, 7) is 2.69. The van der Waals surface area contributed by atoms with Crippen LogP contribution in [0.2, 0.25) is 0 Å². The van der Waals surface area contributed by atoms with E-state index in [0.29, 0.717) is 17.8 Å². The van der Waals surface area contributed by atoms with E-state index in [4.69, 9.17) is 5.73 Å². The van der Waals surface area contributed by atoms with E-state index in [9.17, 15) is 4.79 Å². The second-order valence-electron chi connectivity index (χ2n) is 4.55. The predicted molar refractivity (Wildman–Crippen MR) is 83.2 cm³/mol. The van der Waals surface area contributed by atoms with Crippen molar-refractivity contribution < 1.29 is 4.79 Å². The van der Waals surface area contributed by atoms with Gasteiger partial charge < -0.3 is 16.4 Å². The molecule has 4 heteroatoms. The fourth-order valence-corrected chi connectivity index (χ4v) is 1.82. The lowest BCUT2D eigenvalue weighted by molar-refractivity contribution is 0.0953. The molecule has 0 spiro atoms. The molecule has 2 rings (SSSR count). The van der Waals surface area contributed by atoms with Crippen LogP contribution in [0.15, 0.2) is 48.5 Å². The molecule has 0 aliphatic rings. The number of carbonyl (C=O) groups is 1. The van der Waals surface area contributed by atoms with Crippen LogP contribution in [0.4, 0.5) is 17.1 Å². The summed E-state index contributed by atoms with van der Waals surface area (Å²) in [5.74, 6) is -0.0806. The molecule has 0 atom stereocenters. The van der Waals surface area contributed by atoms with E-state index in [-0.39, 0.29) is 5.91 Å². The monoisotopic (exact) mass is 269 g/mol. The summed E-state index contributed by atoms with van der Waals surface area (Å²) in [5.41, 5.74) is 8.83. The molecule has 0 aliphatic carbocycles. The van der Waals surface area contributed by atoms with Crippen molar-refractivity contribution in [2.24, 2.45) is 0 Å². The minimum Gasteiger partial charge on any atom is -0.397 e. The average Bonchev–Trinajstić information content (AvgIpc) is 2.48. The standard InChI is InChI=1S/C16H19N3O/c1-2-10-18-16(20)12-8-9-14(17)15(11-12)19-13-6-4-3-5-7-13/h3-9,11,19H,2,10,17H2,1H3,(H,18,20). The second-order valence-corrected chi connectivity index (χ2v) is 4.55. The second kappa shape index (κ2) is 6.61. The molecule has 0 unspecified atom stereocenters. The molecule has 104 valence electrons. The van der Waals surface area contributed by atoms with Crippen molar-refractivity contribution in [2.75, 3.05) is 17.6 Å². The Labute approximate surface area is 119 Å². The van der Waals surface area contributed by atoms with Crippen LogP contribution in [0.1, 0.15) is 23.7 Å². The Balaban J connectivity index is 2.18. The molecular formula is C16H19N3O. The summed E-state index contributed by atoms with van der Waals surface area (Å²) in [4.78, 5) is 11.9. The molecule has 0 aliphatic heterocycles. The quantitative estimate of drug-likeness (QED) is 0.730. The van der Waals surface area contributed by atoms with Crippen molar-refractivity contribution in [1.29, 1.82) is 0 Å². The van der Waals surface area contributed by atoms with Crippen molar-refractivity contribution in [3.8, 4) is 0 Å². The number of hydrogen-bond donors (Lipinski definition) is 3. The number of benzene rings is 2. The largest absolute Gasteiger partial charge is 0.397 e. The van der Waals surface area contributed by atoms with E-state index in [2.05, 4.69) is 10.6 Å². The minimum absolute atomic E-state index is 0.0806. The van der Waals surface area contributed by atoms with Crippen molar-refractivity contribution in [3.63, 3.8) is 0 Å². The third-order valence-electron chi connectivity index (χ3n) is 2.90. The first kappa shape index (κ1) is 13.9. The topological polar surface area (TPSA) is 67.2 Å². The molecule has 0 aromatic heterocycles. The molecule has 0 radical (unpaired) electrons. The molecule has 2 aromatic rings. The van der Waals surface area contributed by atoms with Gasteiger partial charge >= 0.3 is 0 Å². The third kappa shape index (κ3) is 3.51. The van der Waals surface area contributed by atoms with Gasteiger partial charge in [-0.1, -0.05) is 25.1 Å². The number of rotatable bonds is 5. The smallest absolute Gasteiger partial charge is 0.251 e. The number of nitrogens with one attached hydrogen (secondary N) is 2. The highest BCUT2D eigenvalue weighted by Crippen LogP contribution is 2.24. The average molecular weight is 269 g/mol. The lowest BCUT2D eigenvalue weighted by Crippen LogP contribution is -2.24. The van der Waals surface area contributed by atoms with Gasteiger partial charge in [0.15, 0.2) is 0 Å². The van der Waals surface area contributed by atoms with E-state index < -0.39 is 0 Å². The summed E-state index contributed by atoms with van der Waals surface area (Å²) in [6.07, 6.45) is 0.913. The number of nitrogens with two attached hydrogens (primary N) is 1. The maximum Gasteiger partial charge on any atom is 0.251 e. The van der Waals surface area contributed by atoms with Gasteiger partial charge in [-0.15, -0.1) is 0 Å². The number of anilines is 3. The van der Waals surface area contributed by atoms with Crippen molar-refractivity contribution >= 4 is 23.0 Å². The Morgan fingerprint density at radius 3 is 2.60 bits per heavy atom. The zero-order valence-corrected chi connectivity index (χ0v) is 11.5. The van der Waals surface area contributed by atoms with Crippen molar-refractivity contribution in [3.05, 3.63) is 54.1 Å². The van der Waals surface area contributed by atoms with Crippen LogP contribution in [0.25, 0.3) is 0 Å². The van der Waals surface area contributed by atoms with Gasteiger partial charge in [-0.25, -0.2) is 0 Å². The van der Waals surface area contributed by atoms with Gasteiger partial charge in [0, 0.05) is 17.8 Å². The maximum absolute atomic E-state index is 11.9. The minimum atomic E-state index is -0.0806. The van der Waals surface area contributed by atoms with E-state index >= 15 is 0 Å². The summed E-state index contributed by atoms with van der Waals surface area (Å²) >= 11 is 0. The first-order valence-electron chi connectivity index (χ1n) is 6.70. The van der Waals surface area contributed by atoms with Crippen LogP contribution in [0, 0.1) is 0 Å². The van der Waals surface area contributed by atoms with Crippen LogP contribution in [0.3, 0.4) is 0 Å². The molecule has 0 fully saturated rings. The van der Waals surface area contributed by atoms with Gasteiger partial charge in [0.05, 0.1) is 11.4 Å². The molecular weight excluding hydrogens is 250 g/mol. The molecule has 0 saturated heterocycles. The van der Waals surface area contributed by atoms with Crippen LogP contribution in [0.5, 0.6) is 0 Å². The molecule has 0 heterocycles. The van der Waals surface area contributed by atoms with Crippen LogP contribution < -0.4 is 16.4 Å². The number of hydrogen-bond acceptors (Lipinski definition) is 3. The van der Waals surface area contributed by atoms with Crippen LogP contribution >= 0.6 is 0 Å². The fraction of sp³-hybridized carbons (Fsp3) is 0.188. The Morgan fingerprint density at radius 1 is 1.15 bits per heavy atom. The molecule has 0 bridgehead atoms. The Hall–Kier alpha value is -2.49. The number of amides is 1. The lowest BCUT2D eigenvalue weighted by Gasteiger charge is -2.11. The van der Waals surface area contributed by atoms with Gasteiger partial charge in [0.1, 0.15) is 0 Å². The Kier molecular flexibility index (Phi) is 4.60. The first-order valence-corrected chi connectivity index (χ1v) is 6.70. The van der Waals surface area contributed by atoms with E-state index in [1.54, 1.807) is 18.2 Å². The van der Waals surface area contributed by atoms with Crippen LogP contribution in [-0.4, -0.2) is 12.5 Å². The van der Waals surface area contributed by atoms with Gasteiger partial charge in [0.25, 0.3) is 5.91 Å². The fourth-order valence-electron chi connectivity index (χ4n) is 1.82. The normalized spacial score (nSPS) is 10.1. The Bertz CT molecular complexity index is 582. The van der Waals surface area contributed by atoms with Gasteiger partial charge in [-0.05, 0) is 36.8 Å². The molecule has 1 amide bonds. The zero-order valence-electron chi connectivity index (χ0n) is 11.5. The number of carbonyl (C=O) groups excluding carboxylic acids is 1. The van der Waals surface area contributed by atoms with Crippen LogP contribution in [-0.2, 0) is 0 Å². The summed E-state index contributed by atoms with van der Waals surface area (Å²) in [5, 5.41) is 6.07. The number of nitrogen functional groups attached to an aromatic ring is 1.